The fraction of sp³-hybridized carbons (Fsp3) is 0.105. The van der Waals surface area contributed by atoms with Gasteiger partial charge in [-0.3, -0.25) is 9.59 Å². The third-order valence-corrected chi connectivity index (χ3v) is 8.79. The number of nitrogens with zero attached hydrogens (tertiary/aromatic N) is 1. The van der Waals surface area contributed by atoms with Crippen molar-refractivity contribution in [3.8, 4) is 0 Å². The van der Waals surface area contributed by atoms with Crippen LogP contribution in [0.3, 0.4) is 0 Å². The molecule has 0 aromatic heterocycles. The average Bonchev–Trinajstić information content (AvgIpc) is 3.07. The van der Waals surface area contributed by atoms with Crippen LogP contribution in [0, 0.1) is 26.8 Å². The van der Waals surface area contributed by atoms with Gasteiger partial charge in [0.05, 0.1) is 22.5 Å². The highest BCUT2D eigenvalue weighted by molar-refractivity contribution is 14.1. The van der Waals surface area contributed by atoms with Crippen LogP contribution < -0.4 is 20.9 Å². The van der Waals surface area contributed by atoms with Gasteiger partial charge in [-0.05, 0) is 155 Å². The van der Waals surface area contributed by atoms with Crippen LogP contribution in [0.5, 0.6) is 0 Å². The van der Waals surface area contributed by atoms with Gasteiger partial charge >= 0.3 is 0 Å². The number of aryl methyl sites for hydroxylation is 2. The first-order valence-corrected chi connectivity index (χ1v) is 17.4. The molecule has 10 heteroatoms. The molecule has 0 aliphatic rings. The predicted octanol–water partition coefficient (Wildman–Crippen LogP) is 10.7. The summed E-state index contributed by atoms with van der Waals surface area (Å²) in [5, 5.41) is 9.86. The average molecular weight is 887 g/mol. The van der Waals surface area contributed by atoms with Crippen molar-refractivity contribution in [2.45, 2.75) is 13.8 Å². The van der Waals surface area contributed by atoms with Gasteiger partial charge in [0.1, 0.15) is 5.82 Å². The number of nitrogens with one attached hydrogen (secondary N) is 3. The Balaban J connectivity index is 0.000000220. The maximum absolute atomic E-state index is 13.8. The second-order valence-corrected chi connectivity index (χ2v) is 13.7. The molecule has 5 rings (SSSR count). The molecule has 246 valence electrons. The van der Waals surface area contributed by atoms with Crippen molar-refractivity contribution in [1.29, 1.82) is 0 Å². The molecule has 6 nitrogen and oxygen atoms in total. The fourth-order valence-electron chi connectivity index (χ4n) is 4.65. The molecule has 0 aliphatic carbocycles. The maximum Gasteiger partial charge on any atom is 0.260 e. The van der Waals surface area contributed by atoms with Crippen LogP contribution in [-0.4, -0.2) is 25.4 Å². The number of carbonyl (C=O) groups excluding carboxylic acids is 2. The normalized spacial score (nSPS) is 10.3. The Labute approximate surface area is 313 Å². The highest BCUT2D eigenvalue weighted by atomic mass is 127. The van der Waals surface area contributed by atoms with E-state index in [0.717, 1.165) is 37.4 Å². The zero-order valence-electron chi connectivity index (χ0n) is 26.6. The highest BCUT2D eigenvalue weighted by Crippen LogP contribution is 2.29. The zero-order valence-corrected chi connectivity index (χ0v) is 31.7. The second kappa shape index (κ2) is 17.5. The summed E-state index contributed by atoms with van der Waals surface area (Å²) in [6, 6.07) is 30.8. The van der Waals surface area contributed by atoms with Crippen molar-refractivity contribution in [1.82, 2.24) is 5.32 Å². The van der Waals surface area contributed by atoms with E-state index in [2.05, 4.69) is 73.8 Å². The molecule has 0 fully saturated rings. The molecular weight excluding hydrogens is 853 g/mol. The molecule has 0 spiro atoms. The van der Waals surface area contributed by atoms with Crippen molar-refractivity contribution in [3.05, 3.63) is 156 Å². The SMILES string of the molecule is C=CCNC(=O)c1cc(Cl)ccc1Nc1ccc(I)cc1C.Cc1cc(I)ccc1Nc1ccc(F)cc1C(=O)N(C)c1ccccc1. The molecule has 0 radical (unpaired) electrons. The largest absolute Gasteiger partial charge is 0.355 e. The Kier molecular flexibility index (Phi) is 13.4. The molecule has 0 heterocycles. The van der Waals surface area contributed by atoms with Crippen molar-refractivity contribution in [3.63, 3.8) is 0 Å². The van der Waals surface area contributed by atoms with Gasteiger partial charge in [-0.15, -0.1) is 6.58 Å². The standard InChI is InChI=1S/C21H18FIN2O.C17H16ClIN2O/c1-14-12-16(23)9-11-19(14)24-20-10-8-15(22)13-18(20)21(26)25(2)17-6-4-3-5-7-17;1-3-8-20-17(22)14-10-12(18)4-6-16(14)21-15-7-5-13(19)9-11(15)2/h3-13,24H,1-2H3;3-7,9-10,21H,1,8H2,2H3,(H,20,22). The number of amides is 2. The molecule has 5 aromatic carbocycles. The molecular formula is C38H34ClFI2N4O2. The van der Waals surface area contributed by atoms with Gasteiger partial charge in [0.2, 0.25) is 0 Å². The lowest BCUT2D eigenvalue weighted by Gasteiger charge is -2.20. The van der Waals surface area contributed by atoms with Crippen LogP contribution in [0.2, 0.25) is 5.02 Å². The van der Waals surface area contributed by atoms with Crippen LogP contribution in [-0.2, 0) is 0 Å². The lowest BCUT2D eigenvalue weighted by Crippen LogP contribution is -2.27. The predicted molar refractivity (Wildman–Crippen MR) is 214 cm³/mol. The van der Waals surface area contributed by atoms with E-state index in [1.807, 2.05) is 80.6 Å². The number of rotatable bonds is 9. The first-order valence-electron chi connectivity index (χ1n) is 14.8. The Morgan fingerprint density at radius 1 is 0.771 bits per heavy atom. The molecule has 0 bridgehead atoms. The van der Waals surface area contributed by atoms with Gasteiger partial charge in [-0.25, -0.2) is 4.39 Å². The molecule has 48 heavy (non-hydrogen) atoms. The number of halogens is 4. The summed E-state index contributed by atoms with van der Waals surface area (Å²) in [6.07, 6.45) is 1.64. The van der Waals surface area contributed by atoms with E-state index in [4.69, 9.17) is 11.6 Å². The Hall–Kier alpha value is -3.94. The van der Waals surface area contributed by atoms with Crippen LogP contribution >= 0.6 is 56.8 Å². The summed E-state index contributed by atoms with van der Waals surface area (Å²) in [7, 11) is 1.68. The maximum atomic E-state index is 13.8. The summed E-state index contributed by atoms with van der Waals surface area (Å²) in [5.74, 6) is -0.908. The number of benzene rings is 5. The van der Waals surface area contributed by atoms with Gasteiger partial charge in [0.25, 0.3) is 11.8 Å². The van der Waals surface area contributed by atoms with E-state index in [1.54, 1.807) is 31.3 Å². The highest BCUT2D eigenvalue weighted by Gasteiger charge is 2.19. The number of anilines is 5. The zero-order chi connectivity index (χ0) is 34.8. The third-order valence-electron chi connectivity index (χ3n) is 7.21. The third kappa shape index (κ3) is 10.0. The minimum Gasteiger partial charge on any atom is -0.355 e. The van der Waals surface area contributed by atoms with E-state index in [-0.39, 0.29) is 17.4 Å². The first kappa shape index (κ1) is 36.9. The molecule has 0 aliphatic heterocycles. The lowest BCUT2D eigenvalue weighted by molar-refractivity contribution is 0.0957. The molecule has 3 N–H and O–H groups in total. The summed E-state index contributed by atoms with van der Waals surface area (Å²) in [4.78, 5) is 26.7. The summed E-state index contributed by atoms with van der Waals surface area (Å²) >= 11 is 10.5. The van der Waals surface area contributed by atoms with Crippen LogP contribution in [0.4, 0.5) is 32.8 Å². The lowest BCUT2D eigenvalue weighted by atomic mass is 10.1. The Morgan fingerprint density at radius 2 is 1.31 bits per heavy atom. The minimum atomic E-state index is -0.445. The fourth-order valence-corrected chi connectivity index (χ4v) is 6.12. The summed E-state index contributed by atoms with van der Waals surface area (Å²) < 4.78 is 16.1. The monoisotopic (exact) mass is 886 g/mol. The second-order valence-electron chi connectivity index (χ2n) is 10.7. The minimum absolute atomic E-state index is 0.187. The number of carbonyl (C=O) groups is 2. The van der Waals surface area contributed by atoms with Crippen LogP contribution in [0.25, 0.3) is 0 Å². The Morgan fingerprint density at radius 3 is 1.88 bits per heavy atom. The smallest absolute Gasteiger partial charge is 0.260 e. The van der Waals surface area contributed by atoms with E-state index in [1.165, 1.54) is 20.6 Å². The van der Waals surface area contributed by atoms with Gasteiger partial charge in [-0.2, -0.15) is 0 Å². The molecule has 5 aromatic rings. The molecule has 0 saturated heterocycles. The van der Waals surface area contributed by atoms with Crippen molar-refractivity contribution in [2.24, 2.45) is 0 Å². The van der Waals surface area contributed by atoms with E-state index in [9.17, 15) is 14.0 Å². The first-order chi connectivity index (χ1) is 23.0. The van der Waals surface area contributed by atoms with Gasteiger partial charge in [-0.1, -0.05) is 35.9 Å². The van der Waals surface area contributed by atoms with Gasteiger partial charge < -0.3 is 20.9 Å². The number of para-hydroxylation sites is 1. The molecule has 0 saturated carbocycles. The van der Waals surface area contributed by atoms with E-state index >= 15 is 0 Å². The molecule has 0 unspecified atom stereocenters. The summed E-state index contributed by atoms with van der Waals surface area (Å²) in [6.45, 7) is 8.02. The topological polar surface area (TPSA) is 73.5 Å². The number of hydrogen-bond donors (Lipinski definition) is 3. The van der Waals surface area contributed by atoms with Gasteiger partial charge in [0.15, 0.2) is 0 Å². The van der Waals surface area contributed by atoms with Crippen molar-refractivity contribution < 1.29 is 14.0 Å². The van der Waals surface area contributed by atoms with Crippen LogP contribution in [0.1, 0.15) is 31.8 Å². The Bertz CT molecular complexity index is 1940. The quantitative estimate of drug-likeness (QED) is 0.102. The van der Waals surface area contributed by atoms with Crippen molar-refractivity contribution >= 4 is 97.0 Å². The van der Waals surface area contributed by atoms with E-state index in [0.29, 0.717) is 22.8 Å². The molecule has 2 amide bonds. The van der Waals surface area contributed by atoms with Crippen molar-refractivity contribution in [2.75, 3.05) is 29.1 Å². The van der Waals surface area contributed by atoms with E-state index < -0.39 is 5.82 Å². The summed E-state index contributed by atoms with van der Waals surface area (Å²) in [5.41, 5.74) is 6.84. The van der Waals surface area contributed by atoms with Gasteiger partial charge in [0, 0.05) is 42.8 Å². The van der Waals surface area contributed by atoms with Crippen LogP contribution in [0.15, 0.2) is 116 Å². The molecule has 0 atom stereocenters. The number of hydrogen-bond acceptors (Lipinski definition) is 4.